The molecule has 13 heteroatoms. The van der Waals surface area contributed by atoms with E-state index in [-0.39, 0.29) is 48.9 Å². The summed E-state index contributed by atoms with van der Waals surface area (Å²) >= 11 is 0. The molecule has 274 valence electrons. The van der Waals surface area contributed by atoms with Crippen LogP contribution in [0.4, 0.5) is 13.6 Å². The van der Waals surface area contributed by atoms with Gasteiger partial charge in [0, 0.05) is 18.4 Å². The number of methoxy groups -OCH3 is 1. The number of hydrogen-bond donors (Lipinski definition) is 1. The zero-order valence-electron chi connectivity index (χ0n) is 30.0. The molecule has 1 unspecified atom stereocenters. The van der Waals surface area contributed by atoms with Crippen LogP contribution in [0.25, 0.3) is 11.0 Å². The van der Waals surface area contributed by atoms with E-state index in [0.29, 0.717) is 35.9 Å². The second-order valence-electron chi connectivity index (χ2n) is 16.1. The molecule has 2 aromatic rings. The van der Waals surface area contributed by atoms with Gasteiger partial charge in [0.2, 0.25) is 11.8 Å². The molecule has 2 amide bonds. The van der Waals surface area contributed by atoms with Crippen molar-refractivity contribution < 1.29 is 42.1 Å². The Labute approximate surface area is 292 Å². The van der Waals surface area contributed by atoms with Crippen molar-refractivity contribution in [3.05, 3.63) is 23.9 Å². The average molecular weight is 701 g/mol. The number of rotatable bonds is 4. The molecule has 2 bridgehead atoms. The molecule has 2 aliphatic heterocycles. The fourth-order valence-corrected chi connectivity index (χ4v) is 7.92. The van der Waals surface area contributed by atoms with E-state index in [9.17, 15) is 14.4 Å². The maximum atomic E-state index is 16.2. The standard InChI is InChI=1S/C37H50F2N4O7/c1-19(2)18-48-34(45)29-20(3)28-17-43(29)33(44)31(36(4,5)6)42-35(46)50-27-15-21-14-24(21)23(27)10-8-9-13-37(38,39)30-32(49-28)41-26-16-22(47-7)11-12-25(26)40-30/h11-12,16,19-21,23-24,27-29,31H,8-10,13-15,17-18H2,1-7H3,(H,42,46)/t20-,21+,23-,24?,27-,28+,29+,31-/m1/s1. The third-order valence-electron chi connectivity index (χ3n) is 10.8. The van der Waals surface area contributed by atoms with Crippen molar-refractivity contribution in [3.63, 3.8) is 0 Å². The molecule has 3 heterocycles. The highest BCUT2D eigenvalue weighted by atomic mass is 19.3. The minimum absolute atomic E-state index is 0.0355. The molecule has 0 radical (unpaired) electrons. The molecule has 4 aliphatic rings. The Hall–Kier alpha value is -3.77. The highest BCUT2D eigenvalue weighted by Crippen LogP contribution is 2.58. The third kappa shape index (κ3) is 7.32. The van der Waals surface area contributed by atoms with Gasteiger partial charge in [-0.2, -0.15) is 8.78 Å². The van der Waals surface area contributed by atoms with Crippen LogP contribution in [-0.2, 0) is 25.0 Å². The second kappa shape index (κ2) is 13.7. The first kappa shape index (κ1) is 36.0. The van der Waals surface area contributed by atoms with Crippen LogP contribution in [0.1, 0.15) is 85.8 Å². The van der Waals surface area contributed by atoms with Crippen LogP contribution < -0.4 is 14.8 Å². The zero-order valence-corrected chi connectivity index (χ0v) is 30.0. The highest BCUT2D eigenvalue weighted by Gasteiger charge is 2.55. The summed E-state index contributed by atoms with van der Waals surface area (Å²) in [5.74, 6) is -4.16. The van der Waals surface area contributed by atoms with E-state index in [1.807, 2.05) is 34.6 Å². The van der Waals surface area contributed by atoms with Crippen LogP contribution in [0.3, 0.4) is 0 Å². The molecule has 1 N–H and O–H groups in total. The Morgan fingerprint density at radius 2 is 1.84 bits per heavy atom. The summed E-state index contributed by atoms with van der Waals surface area (Å²) in [5, 5.41) is 2.84. The lowest BCUT2D eigenvalue weighted by molar-refractivity contribution is -0.156. The maximum absolute atomic E-state index is 16.2. The topological polar surface area (TPSA) is 129 Å². The summed E-state index contributed by atoms with van der Waals surface area (Å²) in [6.45, 7) is 11.0. The Bertz CT molecular complexity index is 1610. The predicted octanol–water partition coefficient (Wildman–Crippen LogP) is 6.26. The fraction of sp³-hybridized carbons (Fsp3) is 0.703. The number of alkyl halides is 2. The lowest BCUT2D eigenvalue weighted by atomic mass is 9.85. The van der Waals surface area contributed by atoms with Gasteiger partial charge in [-0.3, -0.25) is 4.79 Å². The number of carbonyl (C=O) groups is 3. The minimum atomic E-state index is -3.39. The summed E-state index contributed by atoms with van der Waals surface area (Å²) in [6, 6.07) is 2.63. The van der Waals surface area contributed by atoms with Crippen LogP contribution in [-0.4, -0.2) is 77.4 Å². The Morgan fingerprint density at radius 1 is 1.08 bits per heavy atom. The minimum Gasteiger partial charge on any atom is -0.497 e. The number of alkyl carbamates (subject to hydrolysis) is 1. The van der Waals surface area contributed by atoms with Crippen molar-refractivity contribution in [2.45, 2.75) is 110 Å². The molecule has 1 aromatic heterocycles. The van der Waals surface area contributed by atoms with Gasteiger partial charge in [0.1, 0.15) is 30.0 Å². The molecular formula is C37H50F2N4O7. The number of nitrogens with zero attached hydrogens (tertiary/aromatic N) is 3. The Balaban J connectivity index is 1.42. The first-order valence-electron chi connectivity index (χ1n) is 17.9. The summed E-state index contributed by atoms with van der Waals surface area (Å²) in [6.07, 6.45) is 0.703. The van der Waals surface area contributed by atoms with E-state index in [4.69, 9.17) is 18.9 Å². The lowest BCUT2D eigenvalue weighted by Crippen LogP contribution is -2.57. The number of amides is 2. The van der Waals surface area contributed by atoms with Gasteiger partial charge in [-0.25, -0.2) is 19.6 Å². The first-order valence-corrected chi connectivity index (χ1v) is 17.9. The smallest absolute Gasteiger partial charge is 0.408 e. The van der Waals surface area contributed by atoms with Crippen molar-refractivity contribution in [1.82, 2.24) is 20.2 Å². The van der Waals surface area contributed by atoms with E-state index in [2.05, 4.69) is 15.3 Å². The van der Waals surface area contributed by atoms with Crippen molar-refractivity contribution >= 4 is 29.0 Å². The molecule has 2 saturated carbocycles. The SMILES string of the molecule is COc1ccc2nc3c(nc2c1)O[C@H]1CN(C(=O)[C@H](C(C)(C)C)NC(=O)O[C@@H]2C[C@@H]4CC4[C@H]2CCCCC3(F)F)[C@H](C(=O)OCC(C)C)[C@@H]1C. The van der Waals surface area contributed by atoms with Gasteiger partial charge in [0.15, 0.2) is 5.69 Å². The molecule has 3 fully saturated rings. The van der Waals surface area contributed by atoms with Gasteiger partial charge in [0.25, 0.3) is 5.92 Å². The van der Waals surface area contributed by atoms with Crippen molar-refractivity contribution in [2.24, 2.45) is 35.0 Å². The van der Waals surface area contributed by atoms with Crippen LogP contribution in [0.5, 0.6) is 11.6 Å². The van der Waals surface area contributed by atoms with Gasteiger partial charge in [-0.1, -0.05) is 48.0 Å². The lowest BCUT2D eigenvalue weighted by Gasteiger charge is -2.35. The molecule has 50 heavy (non-hydrogen) atoms. The van der Waals surface area contributed by atoms with Gasteiger partial charge in [-0.05, 0) is 66.9 Å². The first-order chi connectivity index (χ1) is 23.6. The Kier molecular flexibility index (Phi) is 9.91. The number of nitrogens with one attached hydrogen (secondary N) is 1. The van der Waals surface area contributed by atoms with Crippen LogP contribution in [0, 0.1) is 35.0 Å². The van der Waals surface area contributed by atoms with E-state index >= 15 is 8.78 Å². The molecule has 11 nitrogen and oxygen atoms in total. The van der Waals surface area contributed by atoms with E-state index in [1.54, 1.807) is 25.1 Å². The normalized spacial score (nSPS) is 31.4. The van der Waals surface area contributed by atoms with E-state index in [1.165, 1.54) is 12.0 Å². The number of ether oxygens (including phenoxy) is 4. The summed E-state index contributed by atoms with van der Waals surface area (Å²) in [4.78, 5) is 51.9. The number of aromatic nitrogens is 2. The fourth-order valence-electron chi connectivity index (χ4n) is 7.92. The monoisotopic (exact) mass is 700 g/mol. The summed E-state index contributed by atoms with van der Waals surface area (Å²) < 4.78 is 55.8. The number of benzene rings is 1. The number of hydrogen-bond acceptors (Lipinski definition) is 9. The maximum Gasteiger partial charge on any atom is 0.408 e. The molecule has 1 saturated heterocycles. The zero-order chi connectivity index (χ0) is 36.1. The number of fused-ring (bicyclic) bond motifs is 7. The Morgan fingerprint density at radius 3 is 2.54 bits per heavy atom. The van der Waals surface area contributed by atoms with Gasteiger partial charge >= 0.3 is 12.1 Å². The largest absolute Gasteiger partial charge is 0.497 e. The van der Waals surface area contributed by atoms with Crippen molar-refractivity contribution in [3.8, 4) is 11.6 Å². The molecule has 6 rings (SSSR count). The summed E-state index contributed by atoms with van der Waals surface area (Å²) in [7, 11) is 1.49. The van der Waals surface area contributed by atoms with Crippen LogP contribution in [0.2, 0.25) is 0 Å². The number of esters is 1. The predicted molar refractivity (Wildman–Crippen MR) is 180 cm³/mol. The number of halogens is 2. The van der Waals surface area contributed by atoms with Gasteiger partial charge in [-0.15, -0.1) is 0 Å². The molecule has 8 atom stereocenters. The van der Waals surface area contributed by atoms with Crippen LogP contribution in [0.15, 0.2) is 18.2 Å². The molecule has 0 spiro atoms. The van der Waals surface area contributed by atoms with E-state index in [0.717, 1.165) is 12.8 Å². The van der Waals surface area contributed by atoms with E-state index < -0.39 is 65.5 Å². The molecule has 1 aromatic carbocycles. The van der Waals surface area contributed by atoms with Crippen molar-refractivity contribution in [1.29, 1.82) is 0 Å². The highest BCUT2D eigenvalue weighted by molar-refractivity contribution is 5.91. The van der Waals surface area contributed by atoms with Crippen molar-refractivity contribution in [2.75, 3.05) is 20.3 Å². The third-order valence-corrected chi connectivity index (χ3v) is 10.8. The average Bonchev–Trinajstić information content (AvgIpc) is 3.62. The molecule has 2 aliphatic carbocycles. The summed E-state index contributed by atoms with van der Waals surface area (Å²) in [5.41, 5.74) is -0.803. The number of carbonyl (C=O) groups excluding carboxylic acids is 3. The van der Waals surface area contributed by atoms with Crippen LogP contribution >= 0.6 is 0 Å². The van der Waals surface area contributed by atoms with Gasteiger partial charge in [0.05, 0.1) is 31.3 Å². The molecular weight excluding hydrogens is 650 g/mol. The van der Waals surface area contributed by atoms with Gasteiger partial charge < -0.3 is 29.2 Å². The quantitative estimate of drug-likeness (QED) is 0.368. The second-order valence-corrected chi connectivity index (χ2v) is 16.1.